The number of methoxy groups -OCH3 is 1. The van der Waals surface area contributed by atoms with Gasteiger partial charge >= 0.3 is 0 Å². The molecule has 1 amide bonds. The fourth-order valence-electron chi connectivity index (χ4n) is 4.54. The molecular weight excluding hydrogens is 492 g/mol. The molecule has 0 radical (unpaired) electrons. The monoisotopic (exact) mass is 516 g/mol. The van der Waals surface area contributed by atoms with Crippen LogP contribution in [-0.4, -0.2) is 42.9 Å². The zero-order valence-corrected chi connectivity index (χ0v) is 21.3. The van der Waals surface area contributed by atoms with Crippen LogP contribution in [0.2, 0.25) is 5.02 Å². The van der Waals surface area contributed by atoms with Crippen molar-refractivity contribution in [3.8, 4) is 5.75 Å². The number of anilines is 1. The maximum absolute atomic E-state index is 13.7. The summed E-state index contributed by atoms with van der Waals surface area (Å²) in [7, 11) is 5.44. The first-order chi connectivity index (χ1) is 17.8. The maximum Gasteiger partial charge on any atom is 0.290 e. The molecule has 0 fully saturated rings. The third kappa shape index (κ3) is 4.54. The second-order valence-electron chi connectivity index (χ2n) is 9.05. The average molecular weight is 517 g/mol. The van der Waals surface area contributed by atoms with Gasteiger partial charge in [-0.1, -0.05) is 35.9 Å². The van der Waals surface area contributed by atoms with E-state index in [4.69, 9.17) is 20.8 Å². The summed E-state index contributed by atoms with van der Waals surface area (Å²) < 4.78 is 11.0. The largest absolute Gasteiger partial charge is 0.503 e. The van der Waals surface area contributed by atoms with E-state index in [0.717, 1.165) is 11.3 Å². The van der Waals surface area contributed by atoms with Crippen molar-refractivity contribution in [1.29, 1.82) is 0 Å². The number of carbonyl (C=O) groups excluding carboxylic acids is 2. The van der Waals surface area contributed by atoms with E-state index >= 15 is 0 Å². The van der Waals surface area contributed by atoms with Gasteiger partial charge in [0.05, 0.1) is 18.7 Å². The van der Waals surface area contributed by atoms with Crippen LogP contribution < -0.4 is 9.64 Å². The highest BCUT2D eigenvalue weighted by molar-refractivity contribution is 6.31. The Hall–Kier alpha value is -4.23. The molecule has 0 saturated carbocycles. The van der Waals surface area contributed by atoms with Gasteiger partial charge in [-0.3, -0.25) is 9.59 Å². The van der Waals surface area contributed by atoms with Gasteiger partial charge in [0.1, 0.15) is 11.3 Å². The van der Waals surface area contributed by atoms with Crippen LogP contribution in [0.4, 0.5) is 5.69 Å². The minimum atomic E-state index is -0.810. The molecule has 0 saturated heterocycles. The second-order valence-corrected chi connectivity index (χ2v) is 9.49. The van der Waals surface area contributed by atoms with E-state index < -0.39 is 23.5 Å². The number of halogens is 1. The lowest BCUT2D eigenvalue weighted by Gasteiger charge is -2.27. The normalized spacial score (nSPS) is 15.5. The SMILES string of the molecule is COc1ccc(CN2C(=O)C(O)=C(C(=O)c3cc4cc(Cl)ccc4o3)C2c2ccc(N(C)C)cc2)cc1. The van der Waals surface area contributed by atoms with Crippen LogP contribution in [0.25, 0.3) is 11.0 Å². The Morgan fingerprint density at radius 3 is 2.41 bits per heavy atom. The first kappa shape index (κ1) is 24.5. The van der Waals surface area contributed by atoms with Gasteiger partial charge in [-0.2, -0.15) is 0 Å². The minimum absolute atomic E-state index is 0.0211. The molecule has 1 atom stereocenters. The molecule has 1 aromatic heterocycles. The van der Waals surface area contributed by atoms with E-state index in [1.807, 2.05) is 55.4 Å². The Morgan fingerprint density at radius 2 is 1.76 bits per heavy atom. The number of aliphatic hydroxyl groups is 1. The number of ketones is 1. The van der Waals surface area contributed by atoms with E-state index in [1.165, 1.54) is 4.90 Å². The molecule has 0 aliphatic carbocycles. The van der Waals surface area contributed by atoms with Crippen LogP contribution in [0.15, 0.2) is 88.5 Å². The zero-order chi connectivity index (χ0) is 26.3. The topological polar surface area (TPSA) is 83.2 Å². The molecule has 0 bridgehead atoms. The molecule has 0 spiro atoms. The standard InChI is InChI=1S/C29H25ClN2O5/c1-31(2)21-9-6-18(7-10-21)26-25(27(33)24-15-19-14-20(30)8-13-23(19)37-24)28(34)29(35)32(26)16-17-4-11-22(36-3)12-5-17/h4-15,26,34H,16H2,1-3H3. The summed E-state index contributed by atoms with van der Waals surface area (Å²) in [6.07, 6.45) is 0. The van der Waals surface area contributed by atoms with E-state index in [2.05, 4.69) is 0 Å². The fourth-order valence-corrected chi connectivity index (χ4v) is 4.72. The van der Waals surface area contributed by atoms with Crippen LogP contribution in [0.1, 0.15) is 27.7 Å². The zero-order valence-electron chi connectivity index (χ0n) is 20.6. The maximum atomic E-state index is 13.7. The number of Topliss-reactive ketones (excluding diaryl/α,β-unsaturated/α-hetero) is 1. The van der Waals surface area contributed by atoms with Crippen LogP contribution >= 0.6 is 11.6 Å². The second kappa shape index (κ2) is 9.67. The van der Waals surface area contributed by atoms with Crippen LogP contribution in [0, 0.1) is 0 Å². The summed E-state index contributed by atoms with van der Waals surface area (Å²) in [6, 6.07) is 20.6. The van der Waals surface area contributed by atoms with Crippen molar-refractivity contribution >= 4 is 39.9 Å². The van der Waals surface area contributed by atoms with Crippen molar-refractivity contribution in [2.45, 2.75) is 12.6 Å². The summed E-state index contributed by atoms with van der Waals surface area (Å²) in [5, 5.41) is 12.2. The third-order valence-corrected chi connectivity index (χ3v) is 6.72. The summed E-state index contributed by atoms with van der Waals surface area (Å²) in [4.78, 5) is 30.5. The van der Waals surface area contributed by atoms with E-state index in [9.17, 15) is 14.7 Å². The summed E-state index contributed by atoms with van der Waals surface area (Å²) in [6.45, 7) is 0.180. The van der Waals surface area contributed by atoms with Gasteiger partial charge in [-0.05, 0) is 59.7 Å². The number of amides is 1. The van der Waals surface area contributed by atoms with E-state index in [1.54, 1.807) is 43.5 Å². The molecule has 8 heteroatoms. The number of ether oxygens (including phenoxy) is 1. The molecule has 37 heavy (non-hydrogen) atoms. The molecule has 1 aliphatic heterocycles. The lowest BCUT2D eigenvalue weighted by Crippen LogP contribution is -2.30. The molecule has 1 N–H and O–H groups in total. The average Bonchev–Trinajstić information content (AvgIpc) is 3.43. The first-order valence-electron chi connectivity index (χ1n) is 11.6. The van der Waals surface area contributed by atoms with Gasteiger partial charge in [0.25, 0.3) is 5.91 Å². The number of rotatable bonds is 7. The summed E-state index contributed by atoms with van der Waals surface area (Å²) in [5.41, 5.74) is 2.94. The predicted molar refractivity (Wildman–Crippen MR) is 142 cm³/mol. The third-order valence-electron chi connectivity index (χ3n) is 6.49. The van der Waals surface area contributed by atoms with Crippen LogP contribution in [0.5, 0.6) is 5.75 Å². The molecule has 1 aliphatic rings. The molecule has 4 aromatic rings. The Balaban J connectivity index is 1.57. The van der Waals surface area contributed by atoms with E-state index in [-0.39, 0.29) is 17.9 Å². The number of hydrogen-bond donors (Lipinski definition) is 1. The number of carbonyl (C=O) groups is 2. The highest BCUT2D eigenvalue weighted by atomic mass is 35.5. The van der Waals surface area contributed by atoms with Crippen molar-refractivity contribution in [2.24, 2.45) is 0 Å². The van der Waals surface area contributed by atoms with Gasteiger partial charge in [0.15, 0.2) is 11.5 Å². The number of nitrogens with zero attached hydrogens (tertiary/aromatic N) is 2. The van der Waals surface area contributed by atoms with Gasteiger partial charge in [-0.15, -0.1) is 0 Å². The van der Waals surface area contributed by atoms with Crippen molar-refractivity contribution < 1.29 is 23.8 Å². The highest BCUT2D eigenvalue weighted by Crippen LogP contribution is 2.41. The van der Waals surface area contributed by atoms with Crippen LogP contribution in [0.3, 0.4) is 0 Å². The Bertz CT molecular complexity index is 1520. The Labute approximate surface area is 219 Å². The lowest BCUT2D eigenvalue weighted by atomic mass is 9.94. The molecule has 188 valence electrons. The molecule has 5 rings (SSSR count). The van der Waals surface area contributed by atoms with E-state index in [0.29, 0.717) is 27.3 Å². The van der Waals surface area contributed by atoms with Gasteiger partial charge in [-0.25, -0.2) is 0 Å². The van der Waals surface area contributed by atoms with Crippen LogP contribution in [-0.2, 0) is 11.3 Å². The molecule has 1 unspecified atom stereocenters. The van der Waals surface area contributed by atoms with Crippen molar-refractivity contribution in [3.63, 3.8) is 0 Å². The van der Waals surface area contributed by atoms with Gasteiger partial charge in [0.2, 0.25) is 5.78 Å². The Kier molecular flexibility index (Phi) is 6.39. The number of aliphatic hydroxyl groups excluding tert-OH is 1. The number of hydrogen-bond acceptors (Lipinski definition) is 6. The predicted octanol–water partition coefficient (Wildman–Crippen LogP) is 5.94. The number of benzene rings is 3. The number of fused-ring (bicyclic) bond motifs is 1. The molecular formula is C29H25ClN2O5. The lowest BCUT2D eigenvalue weighted by molar-refractivity contribution is -0.130. The Morgan fingerprint density at radius 1 is 1.05 bits per heavy atom. The molecule has 2 heterocycles. The smallest absolute Gasteiger partial charge is 0.290 e. The van der Waals surface area contributed by atoms with Crippen molar-refractivity contribution in [1.82, 2.24) is 4.90 Å². The summed E-state index contributed by atoms with van der Waals surface area (Å²) in [5.74, 6) is -1.06. The van der Waals surface area contributed by atoms with Gasteiger partial charge in [0, 0.05) is 36.7 Å². The minimum Gasteiger partial charge on any atom is -0.503 e. The van der Waals surface area contributed by atoms with Gasteiger partial charge < -0.3 is 24.1 Å². The molecule has 7 nitrogen and oxygen atoms in total. The quantitative estimate of drug-likeness (QED) is 0.306. The summed E-state index contributed by atoms with van der Waals surface area (Å²) >= 11 is 6.09. The first-order valence-corrected chi connectivity index (χ1v) is 12.0. The highest BCUT2D eigenvalue weighted by Gasteiger charge is 2.44. The number of furan rings is 1. The fraction of sp³-hybridized carbons (Fsp3) is 0.172. The van der Waals surface area contributed by atoms with Crippen molar-refractivity contribution in [3.05, 3.63) is 106 Å². The van der Waals surface area contributed by atoms with Crippen molar-refractivity contribution in [2.75, 3.05) is 26.1 Å². The molecule has 3 aromatic carbocycles.